The summed E-state index contributed by atoms with van der Waals surface area (Å²) in [6.45, 7) is 15.9. The highest BCUT2D eigenvalue weighted by atomic mass is 16.3. The molecule has 200 valence electrons. The molecule has 3 aromatic rings. The Bertz CT molecular complexity index is 1060. The number of aryl methyl sites for hydroxylation is 1. The molecule has 0 bridgehead atoms. The van der Waals surface area contributed by atoms with Crippen molar-refractivity contribution in [1.82, 2.24) is 20.3 Å². The fourth-order valence-corrected chi connectivity index (χ4v) is 3.64. The monoisotopic (exact) mass is 498 g/mol. The maximum Gasteiger partial charge on any atom is 0.220 e. The Kier molecular flexibility index (Phi) is 12.1. The van der Waals surface area contributed by atoms with Crippen molar-refractivity contribution < 1.29 is 14.4 Å². The van der Waals surface area contributed by atoms with Crippen LogP contribution in [0.5, 0.6) is 5.75 Å². The largest absolute Gasteiger partial charge is 0.505 e. The van der Waals surface area contributed by atoms with Gasteiger partial charge in [0.1, 0.15) is 22.5 Å². The van der Waals surface area contributed by atoms with E-state index in [4.69, 9.17) is 0 Å². The Hall–Kier alpha value is -2.93. The SMILES string of the molecule is CC.CC.CC(C)(C)c1cc(CCC(=O)NCCC[N+](C)(C)C)cc(-n2nc3ccccc3n2)c1O. The van der Waals surface area contributed by atoms with Crippen molar-refractivity contribution >= 4 is 16.9 Å². The van der Waals surface area contributed by atoms with Crippen LogP contribution in [0.4, 0.5) is 0 Å². The maximum absolute atomic E-state index is 12.4. The van der Waals surface area contributed by atoms with E-state index in [0.29, 0.717) is 25.1 Å². The van der Waals surface area contributed by atoms with Crippen molar-refractivity contribution in [3.05, 3.63) is 47.5 Å². The summed E-state index contributed by atoms with van der Waals surface area (Å²) in [5.41, 5.74) is 3.59. The standard InChI is InChI=1S/C25H35N5O2.2C2H6/c1-25(2,3)19-16-18(12-13-23(31)26-14-9-15-30(4,5)6)17-22(24(19)32)29-27-20-10-7-8-11-21(20)28-29;2*1-2/h7-8,10-11,16-17H,9,12-15H2,1-6H3,(H-,26,31,32);2*1-2H3/p+1. The lowest BCUT2D eigenvalue weighted by molar-refractivity contribution is -0.870. The summed E-state index contributed by atoms with van der Waals surface area (Å²) < 4.78 is 0.887. The Morgan fingerprint density at radius 2 is 1.56 bits per heavy atom. The van der Waals surface area contributed by atoms with Gasteiger partial charge in [0.25, 0.3) is 0 Å². The predicted octanol–water partition coefficient (Wildman–Crippen LogP) is 5.62. The van der Waals surface area contributed by atoms with Crippen LogP contribution in [-0.2, 0) is 16.6 Å². The van der Waals surface area contributed by atoms with Crippen LogP contribution in [-0.4, -0.2) is 64.7 Å². The average molecular weight is 499 g/mol. The van der Waals surface area contributed by atoms with Crippen molar-refractivity contribution in [3.8, 4) is 11.4 Å². The molecule has 2 N–H and O–H groups in total. The molecule has 36 heavy (non-hydrogen) atoms. The molecule has 0 aliphatic heterocycles. The van der Waals surface area contributed by atoms with Gasteiger partial charge in [0.15, 0.2) is 0 Å². The lowest BCUT2D eigenvalue weighted by atomic mass is 9.84. The van der Waals surface area contributed by atoms with Crippen molar-refractivity contribution in [1.29, 1.82) is 0 Å². The van der Waals surface area contributed by atoms with E-state index in [1.165, 1.54) is 4.80 Å². The third-order valence-electron chi connectivity index (χ3n) is 5.43. The van der Waals surface area contributed by atoms with Gasteiger partial charge in [0.05, 0.1) is 27.7 Å². The fourth-order valence-electron chi connectivity index (χ4n) is 3.64. The van der Waals surface area contributed by atoms with Crippen LogP contribution >= 0.6 is 0 Å². The first kappa shape index (κ1) is 31.1. The Morgan fingerprint density at radius 3 is 2.06 bits per heavy atom. The zero-order valence-electron chi connectivity index (χ0n) is 24.1. The number of phenolic OH excluding ortho intramolecular Hbond substituents is 1. The molecule has 3 rings (SSSR count). The zero-order valence-corrected chi connectivity index (χ0v) is 24.1. The van der Waals surface area contributed by atoms with Crippen molar-refractivity contribution in [2.24, 2.45) is 0 Å². The average Bonchev–Trinajstić information content (AvgIpc) is 3.26. The topological polar surface area (TPSA) is 80.0 Å². The molecule has 0 radical (unpaired) electrons. The van der Waals surface area contributed by atoms with Gasteiger partial charge in [-0.1, -0.05) is 66.7 Å². The quantitative estimate of drug-likeness (QED) is 0.312. The number of amides is 1. The minimum absolute atomic E-state index is 0.0429. The van der Waals surface area contributed by atoms with Gasteiger partial charge in [0, 0.05) is 24.9 Å². The number of hydrogen-bond acceptors (Lipinski definition) is 4. The second-order valence-corrected chi connectivity index (χ2v) is 10.5. The lowest BCUT2D eigenvalue weighted by Crippen LogP contribution is -2.37. The number of fused-ring (bicyclic) bond motifs is 1. The first-order valence-electron chi connectivity index (χ1n) is 13.2. The lowest BCUT2D eigenvalue weighted by Gasteiger charge is -2.23. The highest BCUT2D eigenvalue weighted by Crippen LogP contribution is 2.36. The minimum atomic E-state index is -0.269. The molecule has 7 nitrogen and oxygen atoms in total. The molecule has 1 aromatic heterocycles. The number of aromatic hydroxyl groups is 1. The van der Waals surface area contributed by atoms with Gasteiger partial charge in [-0.15, -0.1) is 15.0 Å². The molecule has 7 heteroatoms. The van der Waals surface area contributed by atoms with Gasteiger partial charge >= 0.3 is 0 Å². The molecular formula is C29H48N5O2+. The molecule has 0 fully saturated rings. The van der Waals surface area contributed by atoms with Crippen molar-refractivity contribution in [3.63, 3.8) is 0 Å². The van der Waals surface area contributed by atoms with E-state index in [9.17, 15) is 9.90 Å². The van der Waals surface area contributed by atoms with E-state index >= 15 is 0 Å². The number of quaternary nitrogens is 1. The molecule has 0 unspecified atom stereocenters. The van der Waals surface area contributed by atoms with Gasteiger partial charge in [-0.3, -0.25) is 4.79 Å². The molecule has 0 saturated carbocycles. The second-order valence-electron chi connectivity index (χ2n) is 10.5. The molecule has 0 aliphatic rings. The molecule has 1 heterocycles. The Morgan fingerprint density at radius 1 is 1.00 bits per heavy atom. The summed E-state index contributed by atoms with van der Waals surface area (Å²) >= 11 is 0. The highest BCUT2D eigenvalue weighted by Gasteiger charge is 2.23. The molecule has 1 amide bonds. The van der Waals surface area contributed by atoms with Crippen LogP contribution in [0, 0.1) is 0 Å². The van der Waals surface area contributed by atoms with Gasteiger partial charge < -0.3 is 14.9 Å². The number of carbonyl (C=O) groups is 1. The van der Waals surface area contributed by atoms with Gasteiger partial charge in [-0.05, 0) is 35.6 Å². The number of hydrogen-bond donors (Lipinski definition) is 2. The van der Waals surface area contributed by atoms with Gasteiger partial charge in [-0.2, -0.15) is 0 Å². The smallest absolute Gasteiger partial charge is 0.220 e. The van der Waals surface area contributed by atoms with E-state index in [1.807, 2.05) is 64.1 Å². The number of phenols is 1. The first-order valence-corrected chi connectivity index (χ1v) is 13.2. The van der Waals surface area contributed by atoms with E-state index in [2.05, 4.69) is 57.4 Å². The summed E-state index contributed by atoms with van der Waals surface area (Å²) in [6, 6.07) is 11.5. The van der Waals surface area contributed by atoms with Crippen LogP contribution in [0.3, 0.4) is 0 Å². The van der Waals surface area contributed by atoms with Crippen LogP contribution in [0.1, 0.15) is 72.4 Å². The van der Waals surface area contributed by atoms with E-state index in [-0.39, 0.29) is 17.1 Å². The van der Waals surface area contributed by atoms with Gasteiger partial charge in [-0.25, -0.2) is 0 Å². The third kappa shape index (κ3) is 9.26. The van der Waals surface area contributed by atoms with Crippen LogP contribution < -0.4 is 5.32 Å². The third-order valence-corrected chi connectivity index (χ3v) is 5.43. The van der Waals surface area contributed by atoms with E-state index < -0.39 is 0 Å². The highest BCUT2D eigenvalue weighted by molar-refractivity contribution is 5.76. The number of nitrogens with zero attached hydrogens (tertiary/aromatic N) is 4. The molecule has 0 spiro atoms. The number of aromatic nitrogens is 3. The summed E-state index contributed by atoms with van der Waals surface area (Å²) in [5.74, 6) is 0.215. The zero-order chi connectivity index (χ0) is 27.5. The summed E-state index contributed by atoms with van der Waals surface area (Å²) in [5, 5.41) is 23.1. The van der Waals surface area contributed by atoms with Crippen molar-refractivity contribution in [2.45, 2.75) is 73.1 Å². The normalized spacial score (nSPS) is 11.3. The summed E-state index contributed by atoms with van der Waals surface area (Å²) in [7, 11) is 6.44. The Labute approximate surface area is 218 Å². The molecule has 2 aromatic carbocycles. The maximum atomic E-state index is 12.4. The molecule has 0 saturated heterocycles. The number of benzene rings is 2. The van der Waals surface area contributed by atoms with Gasteiger partial charge in [0.2, 0.25) is 5.91 Å². The van der Waals surface area contributed by atoms with E-state index in [1.54, 1.807) is 0 Å². The van der Waals surface area contributed by atoms with Crippen LogP contribution in [0.15, 0.2) is 36.4 Å². The van der Waals surface area contributed by atoms with E-state index in [0.717, 1.165) is 39.6 Å². The number of nitrogens with one attached hydrogen (secondary N) is 1. The fraction of sp³-hybridized carbons (Fsp3) is 0.552. The minimum Gasteiger partial charge on any atom is -0.505 e. The first-order chi connectivity index (χ1) is 16.9. The number of carbonyl (C=O) groups excluding carboxylic acids is 1. The summed E-state index contributed by atoms with van der Waals surface area (Å²) in [6.07, 6.45) is 1.93. The van der Waals surface area contributed by atoms with Crippen LogP contribution in [0.25, 0.3) is 16.7 Å². The Balaban J connectivity index is 0.00000154. The second kappa shape index (κ2) is 14.0. The van der Waals surface area contributed by atoms with Crippen molar-refractivity contribution in [2.75, 3.05) is 34.2 Å². The number of rotatable bonds is 8. The molecule has 0 atom stereocenters. The summed E-state index contributed by atoms with van der Waals surface area (Å²) in [4.78, 5) is 13.9. The predicted molar refractivity (Wildman–Crippen MR) is 151 cm³/mol. The molecule has 0 aliphatic carbocycles. The van der Waals surface area contributed by atoms with Crippen LogP contribution in [0.2, 0.25) is 0 Å². The molecular weight excluding hydrogens is 450 g/mol.